The molecule has 0 atom stereocenters. The first-order valence-corrected chi connectivity index (χ1v) is 8.94. The van der Waals surface area contributed by atoms with E-state index < -0.39 is 29.9 Å². The monoisotopic (exact) mass is 390 g/mol. The largest absolute Gasteiger partial charge is 0.413 e. The second kappa shape index (κ2) is 6.44. The van der Waals surface area contributed by atoms with Gasteiger partial charge >= 0.3 is 6.18 Å². The quantitative estimate of drug-likeness (QED) is 0.758. The van der Waals surface area contributed by atoms with Crippen LogP contribution >= 0.6 is 0 Å². The van der Waals surface area contributed by atoms with Crippen LogP contribution in [-0.4, -0.2) is 18.6 Å². The number of halogens is 4. The fourth-order valence-electron chi connectivity index (χ4n) is 4.31. The van der Waals surface area contributed by atoms with Gasteiger partial charge in [-0.15, -0.1) is 0 Å². The summed E-state index contributed by atoms with van der Waals surface area (Å²) >= 11 is 0. The molecule has 1 heterocycles. The highest BCUT2D eigenvalue weighted by Crippen LogP contribution is 2.48. The zero-order chi connectivity index (χ0) is 20.2. The third-order valence-electron chi connectivity index (χ3n) is 5.59. The van der Waals surface area contributed by atoms with E-state index in [0.29, 0.717) is 25.1 Å². The molecule has 0 saturated carbocycles. The number of allylic oxidation sites excluding steroid dienone is 2. The molecule has 0 bridgehead atoms. The summed E-state index contributed by atoms with van der Waals surface area (Å²) in [4.78, 5) is 11.8. The van der Waals surface area contributed by atoms with Crippen molar-refractivity contribution in [3.8, 4) is 11.1 Å². The van der Waals surface area contributed by atoms with E-state index in [1.165, 1.54) is 6.92 Å². The average molecular weight is 390 g/mol. The van der Waals surface area contributed by atoms with Gasteiger partial charge in [0.1, 0.15) is 5.82 Å². The number of nitrogens with two attached hydrogens (primary N) is 1. The normalized spacial score (nSPS) is 16.2. The first-order valence-electron chi connectivity index (χ1n) is 8.94. The Hall–Kier alpha value is -2.67. The molecule has 2 aromatic carbocycles. The molecule has 2 aromatic rings. The van der Waals surface area contributed by atoms with E-state index in [2.05, 4.69) is 5.32 Å². The van der Waals surface area contributed by atoms with Gasteiger partial charge in [0.15, 0.2) is 0 Å². The fraction of sp³-hybridized carbons (Fsp3) is 0.286. The molecule has 0 spiro atoms. The average Bonchev–Trinajstić information content (AvgIpc) is 2.98. The van der Waals surface area contributed by atoms with Crippen LogP contribution in [0.3, 0.4) is 0 Å². The minimum absolute atomic E-state index is 0.0500. The van der Waals surface area contributed by atoms with Crippen molar-refractivity contribution < 1.29 is 22.4 Å². The third-order valence-corrected chi connectivity index (χ3v) is 5.59. The third kappa shape index (κ3) is 2.81. The highest BCUT2D eigenvalue weighted by atomic mass is 19.4. The smallest absolute Gasteiger partial charge is 0.366 e. The molecule has 28 heavy (non-hydrogen) atoms. The molecular weight excluding hydrogens is 372 g/mol. The van der Waals surface area contributed by atoms with E-state index in [1.54, 1.807) is 12.1 Å². The molecule has 146 valence electrons. The van der Waals surface area contributed by atoms with E-state index in [-0.39, 0.29) is 27.8 Å². The number of amides is 1. The summed E-state index contributed by atoms with van der Waals surface area (Å²) < 4.78 is 55.8. The molecule has 0 unspecified atom stereocenters. The highest BCUT2D eigenvalue weighted by Gasteiger charge is 2.42. The SMILES string of the molecule is CC1=C(C(F)(F)F)Cc2c(C(N)=O)cc(F)c(-c3cccc4c3CCNC4)c21. The van der Waals surface area contributed by atoms with Crippen molar-refractivity contribution in [2.45, 2.75) is 32.5 Å². The van der Waals surface area contributed by atoms with Gasteiger partial charge in [-0.3, -0.25) is 4.79 Å². The number of carbonyl (C=O) groups is 1. The Bertz CT molecular complexity index is 1040. The number of fused-ring (bicyclic) bond motifs is 2. The number of carbonyl (C=O) groups excluding carboxylic acids is 1. The molecule has 1 amide bonds. The van der Waals surface area contributed by atoms with Crippen LogP contribution in [0.1, 0.15) is 39.5 Å². The second-order valence-corrected chi connectivity index (χ2v) is 7.15. The van der Waals surface area contributed by atoms with Crippen LogP contribution in [0.4, 0.5) is 17.6 Å². The van der Waals surface area contributed by atoms with Crippen molar-refractivity contribution in [2.75, 3.05) is 6.54 Å². The molecule has 3 N–H and O–H groups in total. The van der Waals surface area contributed by atoms with Crippen LogP contribution < -0.4 is 11.1 Å². The Balaban J connectivity index is 2.05. The van der Waals surface area contributed by atoms with Crippen molar-refractivity contribution in [3.05, 3.63) is 63.5 Å². The topological polar surface area (TPSA) is 55.1 Å². The first kappa shape index (κ1) is 18.7. The minimum atomic E-state index is -4.56. The van der Waals surface area contributed by atoms with Gasteiger partial charge in [-0.05, 0) is 59.3 Å². The molecule has 4 rings (SSSR count). The standard InChI is InChI=1S/C21H18F4N2O/c1-10-16(21(23,24)25)7-14-15(20(26)28)8-17(22)19(18(10)14)13-4-2-3-11-9-27-6-5-12(11)13/h2-4,8,27H,5-7,9H2,1H3,(H2,26,28). The van der Waals surface area contributed by atoms with Crippen molar-refractivity contribution in [1.29, 1.82) is 0 Å². The van der Waals surface area contributed by atoms with Gasteiger partial charge < -0.3 is 11.1 Å². The Kier molecular flexibility index (Phi) is 4.30. The molecule has 2 aliphatic rings. The van der Waals surface area contributed by atoms with Gasteiger partial charge in [-0.2, -0.15) is 13.2 Å². The maximum absolute atomic E-state index is 15.2. The molecule has 7 heteroatoms. The van der Waals surface area contributed by atoms with Crippen LogP contribution in [0.5, 0.6) is 0 Å². The predicted molar refractivity (Wildman–Crippen MR) is 98.1 cm³/mol. The number of nitrogens with one attached hydrogen (secondary N) is 1. The minimum Gasteiger partial charge on any atom is -0.366 e. The predicted octanol–water partition coefficient (Wildman–Crippen LogP) is 4.13. The van der Waals surface area contributed by atoms with E-state index in [4.69, 9.17) is 5.73 Å². The summed E-state index contributed by atoms with van der Waals surface area (Å²) in [6.07, 6.45) is -4.40. The van der Waals surface area contributed by atoms with Crippen LogP contribution in [0.15, 0.2) is 29.8 Å². The zero-order valence-corrected chi connectivity index (χ0v) is 15.1. The Labute approximate surface area is 159 Å². The highest BCUT2D eigenvalue weighted by molar-refractivity contribution is 6.00. The molecular formula is C21H18F4N2O. The number of alkyl halides is 3. The van der Waals surface area contributed by atoms with E-state index in [1.807, 2.05) is 6.07 Å². The maximum Gasteiger partial charge on any atom is 0.413 e. The number of hydrogen-bond donors (Lipinski definition) is 2. The van der Waals surface area contributed by atoms with E-state index >= 15 is 4.39 Å². The number of primary amides is 1. The Morgan fingerprint density at radius 3 is 2.61 bits per heavy atom. The number of hydrogen-bond acceptors (Lipinski definition) is 2. The summed E-state index contributed by atoms with van der Waals surface area (Å²) in [5.74, 6) is -1.67. The van der Waals surface area contributed by atoms with E-state index in [0.717, 1.165) is 17.2 Å². The summed E-state index contributed by atoms with van der Waals surface area (Å²) in [6, 6.07) is 6.40. The van der Waals surface area contributed by atoms with Crippen LogP contribution in [0.2, 0.25) is 0 Å². The van der Waals surface area contributed by atoms with Crippen LogP contribution in [-0.2, 0) is 19.4 Å². The number of benzene rings is 2. The summed E-state index contributed by atoms with van der Waals surface area (Å²) in [6.45, 7) is 2.66. The molecule has 3 nitrogen and oxygen atoms in total. The van der Waals surface area contributed by atoms with Crippen molar-refractivity contribution in [1.82, 2.24) is 5.32 Å². The van der Waals surface area contributed by atoms with Crippen LogP contribution in [0, 0.1) is 5.82 Å². The summed E-state index contributed by atoms with van der Waals surface area (Å²) in [7, 11) is 0. The lowest BCUT2D eigenvalue weighted by atomic mass is 9.85. The number of rotatable bonds is 2. The molecule has 0 fully saturated rings. The molecule has 1 aliphatic heterocycles. The zero-order valence-electron chi connectivity index (χ0n) is 15.1. The lowest BCUT2D eigenvalue weighted by Gasteiger charge is -2.23. The lowest BCUT2D eigenvalue weighted by Crippen LogP contribution is -2.24. The fourth-order valence-corrected chi connectivity index (χ4v) is 4.31. The summed E-state index contributed by atoms with van der Waals surface area (Å²) in [5.41, 5.74) is 7.24. The molecule has 0 radical (unpaired) electrons. The Morgan fingerprint density at radius 1 is 1.18 bits per heavy atom. The van der Waals surface area contributed by atoms with Crippen molar-refractivity contribution in [2.24, 2.45) is 5.73 Å². The molecule has 1 aliphatic carbocycles. The van der Waals surface area contributed by atoms with Gasteiger partial charge in [0, 0.05) is 29.7 Å². The van der Waals surface area contributed by atoms with Gasteiger partial charge in [0.2, 0.25) is 5.91 Å². The maximum atomic E-state index is 15.2. The van der Waals surface area contributed by atoms with Gasteiger partial charge in [-0.25, -0.2) is 4.39 Å². The lowest BCUT2D eigenvalue weighted by molar-refractivity contribution is -0.0921. The van der Waals surface area contributed by atoms with Gasteiger partial charge in [0.25, 0.3) is 0 Å². The van der Waals surface area contributed by atoms with Crippen molar-refractivity contribution >= 4 is 11.5 Å². The van der Waals surface area contributed by atoms with Gasteiger partial charge in [0.05, 0.1) is 0 Å². The first-order chi connectivity index (χ1) is 13.2. The van der Waals surface area contributed by atoms with Crippen LogP contribution in [0.25, 0.3) is 16.7 Å². The Morgan fingerprint density at radius 2 is 1.93 bits per heavy atom. The van der Waals surface area contributed by atoms with Crippen molar-refractivity contribution in [3.63, 3.8) is 0 Å². The van der Waals surface area contributed by atoms with E-state index in [9.17, 15) is 18.0 Å². The summed E-state index contributed by atoms with van der Waals surface area (Å²) in [5, 5.41) is 3.23. The second-order valence-electron chi connectivity index (χ2n) is 7.15. The molecule has 0 aromatic heterocycles. The van der Waals surface area contributed by atoms with Gasteiger partial charge in [-0.1, -0.05) is 18.2 Å². The molecule has 0 saturated heterocycles.